The lowest BCUT2D eigenvalue weighted by Crippen LogP contribution is -2.35. The van der Waals surface area contributed by atoms with E-state index in [4.69, 9.17) is 14.6 Å². The van der Waals surface area contributed by atoms with E-state index in [-0.39, 0.29) is 5.91 Å². The number of amides is 1. The van der Waals surface area contributed by atoms with Gasteiger partial charge < -0.3 is 19.5 Å². The molecule has 1 heterocycles. The molecule has 3 rings (SSSR count). The topological polar surface area (TPSA) is 76.1 Å². The van der Waals surface area contributed by atoms with Crippen LogP contribution in [0.25, 0.3) is 0 Å². The Bertz CT molecular complexity index is 818. The number of hydrogen-bond donors (Lipinski definition) is 1. The summed E-state index contributed by atoms with van der Waals surface area (Å²) in [5.74, 6) is -0.504. The van der Waals surface area contributed by atoms with Crippen LogP contribution in [0.3, 0.4) is 0 Å². The van der Waals surface area contributed by atoms with Crippen LogP contribution in [0, 0.1) is 0 Å². The minimum absolute atomic E-state index is 0.108. The number of fused-ring (bicyclic) bond motifs is 1. The average Bonchev–Trinajstić information content (AvgIpc) is 2.66. The number of carbonyl (C=O) groups excluding carboxylic acids is 1. The lowest BCUT2D eigenvalue weighted by atomic mass is 10.0. The summed E-state index contributed by atoms with van der Waals surface area (Å²) in [6.07, 6.45) is 1.88. The fraction of sp³-hybridized carbons (Fsp3) is 0.300. The predicted octanol–water partition coefficient (Wildman–Crippen LogP) is 3.14. The zero-order valence-corrected chi connectivity index (χ0v) is 14.6. The van der Waals surface area contributed by atoms with Gasteiger partial charge in [0.05, 0.1) is 6.61 Å². The van der Waals surface area contributed by atoms with Crippen molar-refractivity contribution < 1.29 is 24.2 Å². The van der Waals surface area contributed by atoms with Crippen molar-refractivity contribution in [1.29, 1.82) is 0 Å². The number of nitrogens with zero attached hydrogens (tertiary/aromatic N) is 1. The van der Waals surface area contributed by atoms with E-state index >= 15 is 0 Å². The van der Waals surface area contributed by atoms with Crippen molar-refractivity contribution in [3.05, 3.63) is 53.6 Å². The third kappa shape index (κ3) is 3.79. The summed E-state index contributed by atoms with van der Waals surface area (Å²) < 4.78 is 10.8. The normalized spacial score (nSPS) is 13.0. The quantitative estimate of drug-likeness (QED) is 0.861. The summed E-state index contributed by atoms with van der Waals surface area (Å²) in [4.78, 5) is 25.5. The van der Waals surface area contributed by atoms with E-state index in [0.717, 1.165) is 18.5 Å². The molecule has 2 aromatic carbocycles. The highest BCUT2D eigenvalue weighted by atomic mass is 16.5. The first-order chi connectivity index (χ1) is 12.6. The maximum absolute atomic E-state index is 13.0. The molecule has 0 radical (unpaired) electrons. The number of aliphatic carboxylic acids is 1. The molecule has 0 saturated carbocycles. The van der Waals surface area contributed by atoms with Gasteiger partial charge in [0.15, 0.2) is 18.1 Å². The van der Waals surface area contributed by atoms with Gasteiger partial charge in [-0.25, -0.2) is 4.79 Å². The molecule has 26 heavy (non-hydrogen) atoms. The van der Waals surface area contributed by atoms with Gasteiger partial charge in [0.2, 0.25) is 0 Å². The van der Waals surface area contributed by atoms with Crippen LogP contribution in [0.2, 0.25) is 0 Å². The first-order valence-electron chi connectivity index (χ1n) is 8.61. The molecule has 136 valence electrons. The molecule has 0 spiro atoms. The molecule has 0 unspecified atom stereocenters. The Labute approximate surface area is 152 Å². The van der Waals surface area contributed by atoms with Gasteiger partial charge in [0, 0.05) is 17.8 Å². The van der Waals surface area contributed by atoms with Crippen molar-refractivity contribution in [1.82, 2.24) is 0 Å². The fourth-order valence-electron chi connectivity index (χ4n) is 3.07. The molecular formula is C20H21NO5. The number of aryl methyl sites for hydroxylation is 1. The molecule has 1 aliphatic rings. The minimum atomic E-state index is -1.07. The molecule has 0 saturated heterocycles. The van der Waals surface area contributed by atoms with Crippen LogP contribution in [0.5, 0.6) is 11.5 Å². The van der Waals surface area contributed by atoms with Crippen LogP contribution in [0.15, 0.2) is 42.5 Å². The highest BCUT2D eigenvalue weighted by Crippen LogP contribution is 2.32. The molecule has 0 bridgehead atoms. The van der Waals surface area contributed by atoms with Crippen molar-refractivity contribution in [2.24, 2.45) is 0 Å². The molecule has 1 amide bonds. The summed E-state index contributed by atoms with van der Waals surface area (Å²) >= 11 is 0. The number of benzene rings is 2. The Balaban J connectivity index is 1.88. The number of hydrogen-bond acceptors (Lipinski definition) is 4. The summed E-state index contributed by atoms with van der Waals surface area (Å²) in [6.45, 7) is 2.40. The summed E-state index contributed by atoms with van der Waals surface area (Å²) in [6, 6.07) is 12.7. The van der Waals surface area contributed by atoms with Crippen molar-refractivity contribution in [2.75, 3.05) is 24.7 Å². The first kappa shape index (κ1) is 17.8. The van der Waals surface area contributed by atoms with E-state index < -0.39 is 12.6 Å². The Morgan fingerprint density at radius 2 is 1.92 bits per heavy atom. The second-order valence-corrected chi connectivity index (χ2v) is 5.97. The van der Waals surface area contributed by atoms with E-state index in [1.807, 2.05) is 31.2 Å². The predicted molar refractivity (Wildman–Crippen MR) is 97.2 cm³/mol. The lowest BCUT2D eigenvalue weighted by molar-refractivity contribution is -0.139. The molecule has 6 nitrogen and oxygen atoms in total. The van der Waals surface area contributed by atoms with E-state index in [1.54, 1.807) is 23.1 Å². The smallest absolute Gasteiger partial charge is 0.341 e. The van der Waals surface area contributed by atoms with Crippen molar-refractivity contribution in [3.8, 4) is 11.5 Å². The van der Waals surface area contributed by atoms with Crippen molar-refractivity contribution in [3.63, 3.8) is 0 Å². The van der Waals surface area contributed by atoms with Crippen molar-refractivity contribution >= 4 is 17.6 Å². The van der Waals surface area contributed by atoms with E-state index in [0.29, 0.717) is 30.2 Å². The number of para-hydroxylation sites is 1. The maximum Gasteiger partial charge on any atom is 0.341 e. The third-order valence-electron chi connectivity index (χ3n) is 4.20. The third-order valence-corrected chi connectivity index (χ3v) is 4.20. The summed E-state index contributed by atoms with van der Waals surface area (Å²) in [7, 11) is 0. The number of rotatable bonds is 6. The number of carboxylic acids is 1. The Morgan fingerprint density at radius 3 is 2.69 bits per heavy atom. The molecule has 0 fully saturated rings. The van der Waals surface area contributed by atoms with Crippen LogP contribution in [0.4, 0.5) is 5.69 Å². The number of ether oxygens (including phenoxy) is 2. The Hall–Kier alpha value is -3.02. The zero-order valence-electron chi connectivity index (χ0n) is 14.6. The largest absolute Gasteiger partial charge is 0.490 e. The molecule has 1 N–H and O–H groups in total. The Kier molecular flexibility index (Phi) is 5.41. The van der Waals surface area contributed by atoms with E-state index in [1.165, 1.54) is 5.56 Å². The molecule has 0 aliphatic carbocycles. The number of carboxylic acid groups (broad SMARTS) is 1. The summed E-state index contributed by atoms with van der Waals surface area (Å²) in [5, 5.41) is 8.77. The van der Waals surface area contributed by atoms with Gasteiger partial charge in [0.25, 0.3) is 5.91 Å². The van der Waals surface area contributed by atoms with Gasteiger partial charge in [-0.05, 0) is 49.6 Å². The zero-order chi connectivity index (χ0) is 18.5. The second-order valence-electron chi connectivity index (χ2n) is 5.97. The molecule has 2 aromatic rings. The SMILES string of the molecule is CCOc1cc(C(=O)N2CCCc3ccccc32)ccc1OCC(=O)O. The van der Waals surface area contributed by atoms with Crippen LogP contribution >= 0.6 is 0 Å². The van der Waals surface area contributed by atoms with Crippen LogP contribution < -0.4 is 14.4 Å². The standard InChI is InChI=1S/C20H21NO5/c1-2-25-18-12-15(9-10-17(18)26-13-19(22)23)20(24)21-11-5-7-14-6-3-4-8-16(14)21/h3-4,6,8-10,12H,2,5,7,11,13H2,1H3,(H,22,23). The molecule has 0 atom stereocenters. The van der Waals surface area contributed by atoms with Crippen LogP contribution in [-0.4, -0.2) is 36.7 Å². The first-order valence-corrected chi connectivity index (χ1v) is 8.61. The number of anilines is 1. The van der Waals surface area contributed by atoms with Crippen LogP contribution in [0.1, 0.15) is 29.3 Å². The van der Waals surface area contributed by atoms with Gasteiger partial charge in [-0.1, -0.05) is 18.2 Å². The van der Waals surface area contributed by atoms with Crippen LogP contribution in [-0.2, 0) is 11.2 Å². The minimum Gasteiger partial charge on any atom is -0.490 e. The fourth-order valence-corrected chi connectivity index (χ4v) is 3.07. The Morgan fingerprint density at radius 1 is 1.12 bits per heavy atom. The molecule has 1 aliphatic heterocycles. The monoisotopic (exact) mass is 355 g/mol. The molecular weight excluding hydrogens is 334 g/mol. The average molecular weight is 355 g/mol. The van der Waals surface area contributed by atoms with Gasteiger partial charge in [-0.3, -0.25) is 4.79 Å². The summed E-state index contributed by atoms with van der Waals surface area (Å²) in [5.41, 5.74) is 2.58. The highest BCUT2D eigenvalue weighted by Gasteiger charge is 2.24. The molecule has 6 heteroatoms. The lowest BCUT2D eigenvalue weighted by Gasteiger charge is -2.29. The maximum atomic E-state index is 13.0. The van der Waals surface area contributed by atoms with E-state index in [9.17, 15) is 9.59 Å². The van der Waals surface area contributed by atoms with Gasteiger partial charge in [-0.15, -0.1) is 0 Å². The van der Waals surface area contributed by atoms with Gasteiger partial charge in [-0.2, -0.15) is 0 Å². The van der Waals surface area contributed by atoms with Gasteiger partial charge in [0.1, 0.15) is 0 Å². The second kappa shape index (κ2) is 7.91. The van der Waals surface area contributed by atoms with Gasteiger partial charge >= 0.3 is 5.97 Å². The van der Waals surface area contributed by atoms with Crippen molar-refractivity contribution in [2.45, 2.75) is 19.8 Å². The molecule has 0 aromatic heterocycles. The highest BCUT2D eigenvalue weighted by molar-refractivity contribution is 6.07. The number of carbonyl (C=O) groups is 2. The van der Waals surface area contributed by atoms with E-state index in [2.05, 4.69) is 0 Å².